The zero-order valence-corrected chi connectivity index (χ0v) is 13.0. The van der Waals surface area contributed by atoms with Crippen molar-refractivity contribution >= 4 is 15.9 Å². The molecule has 0 saturated heterocycles. The van der Waals surface area contributed by atoms with E-state index in [0.29, 0.717) is 5.92 Å². The fraction of sp³-hybridized carbons (Fsp3) is 0.312. The first-order chi connectivity index (χ1) is 9.69. The van der Waals surface area contributed by atoms with Gasteiger partial charge < -0.3 is 5.32 Å². The van der Waals surface area contributed by atoms with Crippen LogP contribution >= 0.6 is 15.9 Å². The summed E-state index contributed by atoms with van der Waals surface area (Å²) in [5.41, 5.74) is 2.18. The van der Waals surface area contributed by atoms with Crippen LogP contribution in [0.25, 0.3) is 0 Å². The van der Waals surface area contributed by atoms with E-state index in [4.69, 9.17) is 0 Å². The van der Waals surface area contributed by atoms with E-state index in [2.05, 4.69) is 33.2 Å². The Kier molecular flexibility index (Phi) is 5.68. The van der Waals surface area contributed by atoms with Gasteiger partial charge in [-0.05, 0) is 58.7 Å². The first-order valence-corrected chi connectivity index (χ1v) is 7.55. The molecule has 20 heavy (non-hydrogen) atoms. The summed E-state index contributed by atoms with van der Waals surface area (Å²) in [4.78, 5) is 4.42. The largest absolute Gasteiger partial charge is 0.316 e. The Morgan fingerprint density at radius 1 is 1.20 bits per heavy atom. The van der Waals surface area contributed by atoms with Crippen LogP contribution in [-0.4, -0.2) is 18.1 Å². The highest BCUT2D eigenvalue weighted by Gasteiger charge is 2.13. The van der Waals surface area contributed by atoms with Crippen molar-refractivity contribution in [2.45, 2.75) is 19.3 Å². The van der Waals surface area contributed by atoms with E-state index in [1.165, 1.54) is 12.1 Å². The van der Waals surface area contributed by atoms with Crippen LogP contribution in [0, 0.1) is 5.82 Å². The number of pyridine rings is 1. The minimum atomic E-state index is -0.197. The lowest BCUT2D eigenvalue weighted by molar-refractivity contribution is 0.585. The summed E-state index contributed by atoms with van der Waals surface area (Å²) < 4.78 is 14.0. The molecule has 0 fully saturated rings. The van der Waals surface area contributed by atoms with E-state index in [-0.39, 0.29) is 5.82 Å². The molecule has 0 saturated carbocycles. The van der Waals surface area contributed by atoms with Crippen LogP contribution in [-0.2, 0) is 6.42 Å². The lowest BCUT2D eigenvalue weighted by atomic mass is 9.94. The SMILES string of the molecule is CCNCC(Cc1ccc(Br)cn1)c1ccc(F)cc1. The standard InChI is InChI=1S/C16H18BrFN2/c1-2-19-10-13(12-3-6-15(18)7-4-12)9-16-8-5-14(17)11-20-16/h3-8,11,13,19H,2,9-10H2,1H3. The van der Waals surface area contributed by atoms with Crippen molar-refractivity contribution in [3.05, 3.63) is 64.1 Å². The molecule has 0 spiro atoms. The quantitative estimate of drug-likeness (QED) is 0.864. The minimum absolute atomic E-state index is 0.197. The number of halogens is 2. The Morgan fingerprint density at radius 2 is 1.95 bits per heavy atom. The summed E-state index contributed by atoms with van der Waals surface area (Å²) in [6.07, 6.45) is 2.65. The van der Waals surface area contributed by atoms with Crippen LogP contribution in [0.4, 0.5) is 4.39 Å². The van der Waals surface area contributed by atoms with Crippen LogP contribution in [0.3, 0.4) is 0 Å². The maximum Gasteiger partial charge on any atom is 0.123 e. The lowest BCUT2D eigenvalue weighted by Gasteiger charge is -2.17. The molecule has 4 heteroatoms. The fourth-order valence-corrected chi connectivity index (χ4v) is 2.38. The van der Waals surface area contributed by atoms with Gasteiger partial charge in [0.15, 0.2) is 0 Å². The maximum atomic E-state index is 13.0. The number of rotatable bonds is 6. The summed E-state index contributed by atoms with van der Waals surface area (Å²) >= 11 is 3.39. The zero-order valence-electron chi connectivity index (χ0n) is 11.4. The molecule has 1 unspecified atom stereocenters. The molecule has 0 radical (unpaired) electrons. The van der Waals surface area contributed by atoms with Crippen LogP contribution in [0.15, 0.2) is 47.1 Å². The molecular formula is C16H18BrFN2. The lowest BCUT2D eigenvalue weighted by Crippen LogP contribution is -2.23. The van der Waals surface area contributed by atoms with Crippen LogP contribution in [0.1, 0.15) is 24.1 Å². The second-order valence-corrected chi connectivity index (χ2v) is 5.64. The molecular weight excluding hydrogens is 319 g/mol. The monoisotopic (exact) mass is 336 g/mol. The van der Waals surface area contributed by atoms with Crippen molar-refractivity contribution < 1.29 is 4.39 Å². The van der Waals surface area contributed by atoms with Crippen molar-refractivity contribution in [2.75, 3.05) is 13.1 Å². The van der Waals surface area contributed by atoms with E-state index >= 15 is 0 Å². The van der Waals surface area contributed by atoms with Crippen LogP contribution < -0.4 is 5.32 Å². The number of hydrogen-bond acceptors (Lipinski definition) is 2. The van der Waals surface area contributed by atoms with E-state index in [0.717, 1.165) is 35.2 Å². The van der Waals surface area contributed by atoms with Gasteiger partial charge in [-0.1, -0.05) is 19.1 Å². The molecule has 2 aromatic rings. The molecule has 1 atom stereocenters. The maximum absolute atomic E-state index is 13.0. The number of nitrogens with one attached hydrogen (secondary N) is 1. The van der Waals surface area contributed by atoms with Crippen molar-refractivity contribution in [3.63, 3.8) is 0 Å². The molecule has 2 nitrogen and oxygen atoms in total. The van der Waals surface area contributed by atoms with Gasteiger partial charge in [0.1, 0.15) is 5.82 Å². The first-order valence-electron chi connectivity index (χ1n) is 6.75. The van der Waals surface area contributed by atoms with Crippen LogP contribution in [0.2, 0.25) is 0 Å². The van der Waals surface area contributed by atoms with Gasteiger partial charge in [0, 0.05) is 28.8 Å². The Morgan fingerprint density at radius 3 is 2.55 bits per heavy atom. The smallest absolute Gasteiger partial charge is 0.123 e. The van der Waals surface area contributed by atoms with Gasteiger partial charge in [0.2, 0.25) is 0 Å². The third-order valence-electron chi connectivity index (χ3n) is 3.23. The minimum Gasteiger partial charge on any atom is -0.316 e. The van der Waals surface area contributed by atoms with Crippen molar-refractivity contribution in [2.24, 2.45) is 0 Å². The second kappa shape index (κ2) is 7.50. The second-order valence-electron chi connectivity index (χ2n) is 4.73. The summed E-state index contributed by atoms with van der Waals surface area (Å²) in [5.74, 6) is 0.0990. The third-order valence-corrected chi connectivity index (χ3v) is 3.70. The fourth-order valence-electron chi connectivity index (χ4n) is 2.14. The van der Waals surface area contributed by atoms with Crippen molar-refractivity contribution in [1.29, 1.82) is 0 Å². The van der Waals surface area contributed by atoms with Gasteiger partial charge in [-0.15, -0.1) is 0 Å². The molecule has 2 rings (SSSR count). The normalized spacial score (nSPS) is 12.3. The van der Waals surface area contributed by atoms with E-state index in [1.54, 1.807) is 0 Å². The van der Waals surface area contributed by atoms with Gasteiger partial charge in [-0.3, -0.25) is 4.98 Å². The molecule has 1 aromatic carbocycles. The van der Waals surface area contributed by atoms with Gasteiger partial charge in [-0.25, -0.2) is 4.39 Å². The van der Waals surface area contributed by atoms with Gasteiger partial charge in [0.25, 0.3) is 0 Å². The number of hydrogen-bond donors (Lipinski definition) is 1. The summed E-state index contributed by atoms with van der Waals surface area (Å²) in [6, 6.07) is 10.8. The molecule has 106 valence electrons. The number of aromatic nitrogens is 1. The van der Waals surface area contributed by atoms with Gasteiger partial charge in [0.05, 0.1) is 0 Å². The molecule has 0 aliphatic rings. The topological polar surface area (TPSA) is 24.9 Å². The molecule has 0 bridgehead atoms. The Balaban J connectivity index is 2.14. The highest BCUT2D eigenvalue weighted by atomic mass is 79.9. The molecule has 0 aliphatic heterocycles. The highest BCUT2D eigenvalue weighted by molar-refractivity contribution is 9.10. The van der Waals surface area contributed by atoms with E-state index < -0.39 is 0 Å². The molecule has 1 N–H and O–H groups in total. The number of benzene rings is 1. The summed E-state index contributed by atoms with van der Waals surface area (Å²) in [5, 5.41) is 3.36. The van der Waals surface area contributed by atoms with E-state index in [9.17, 15) is 4.39 Å². The van der Waals surface area contributed by atoms with Crippen molar-refractivity contribution in [3.8, 4) is 0 Å². The predicted molar refractivity (Wildman–Crippen MR) is 83.3 cm³/mol. The number of likely N-dealkylation sites (N-methyl/N-ethyl adjacent to an activating group) is 1. The molecule has 0 aliphatic carbocycles. The number of nitrogens with zero attached hydrogens (tertiary/aromatic N) is 1. The van der Waals surface area contributed by atoms with Crippen molar-refractivity contribution in [1.82, 2.24) is 10.3 Å². The zero-order chi connectivity index (χ0) is 14.4. The Bertz CT molecular complexity index is 525. The summed E-state index contributed by atoms with van der Waals surface area (Å²) in [6.45, 7) is 3.87. The first kappa shape index (κ1) is 15.1. The Hall–Kier alpha value is -1.26. The predicted octanol–water partition coefficient (Wildman–Crippen LogP) is 3.92. The van der Waals surface area contributed by atoms with Crippen LogP contribution in [0.5, 0.6) is 0 Å². The molecule has 1 heterocycles. The average molecular weight is 337 g/mol. The molecule has 0 amide bonds. The van der Waals surface area contributed by atoms with E-state index in [1.807, 2.05) is 30.5 Å². The Labute approximate surface area is 127 Å². The molecule has 1 aromatic heterocycles. The average Bonchev–Trinajstić information content (AvgIpc) is 2.46. The highest BCUT2D eigenvalue weighted by Crippen LogP contribution is 2.21. The third kappa shape index (κ3) is 4.39. The van der Waals surface area contributed by atoms with Gasteiger partial charge >= 0.3 is 0 Å². The summed E-state index contributed by atoms with van der Waals surface area (Å²) in [7, 11) is 0. The van der Waals surface area contributed by atoms with Gasteiger partial charge in [-0.2, -0.15) is 0 Å².